The molecule has 1 aromatic rings. The van der Waals surface area contributed by atoms with Crippen LogP contribution in [0.4, 0.5) is 0 Å². The molecule has 29 heavy (non-hydrogen) atoms. The van der Waals surface area contributed by atoms with Gasteiger partial charge in [-0.05, 0) is 30.6 Å². The highest BCUT2D eigenvalue weighted by Gasteiger charge is 2.59. The monoisotopic (exact) mass is 451 g/mol. The molecule has 5 nitrogen and oxygen atoms in total. The number of carboxylic acid groups (broad SMARTS) is 1. The number of rotatable bonds is 7. The Kier molecular flexibility index (Phi) is 6.30. The highest BCUT2D eigenvalue weighted by atomic mass is 32.2. The van der Waals surface area contributed by atoms with E-state index >= 15 is 0 Å². The molecule has 1 saturated heterocycles. The Morgan fingerprint density at radius 2 is 1.93 bits per heavy atom. The molecule has 0 spiro atoms. The molecule has 1 fully saturated rings. The normalized spacial score (nSPS) is 23.1. The van der Waals surface area contributed by atoms with Gasteiger partial charge in [0.25, 0.3) is 0 Å². The molecule has 0 radical (unpaired) electrons. The van der Waals surface area contributed by atoms with Gasteiger partial charge < -0.3 is 9.53 Å². The third-order valence-electron chi connectivity index (χ3n) is 5.95. The van der Waals surface area contributed by atoms with E-state index in [1.165, 1.54) is 28.4 Å². The molecule has 2 aliphatic heterocycles. The molecule has 0 aliphatic carbocycles. The fraction of sp³-hybridized carbons (Fsp3) is 0.524. The maximum absolute atomic E-state index is 12.9. The first-order valence-electron chi connectivity index (χ1n) is 9.76. The smallest absolute Gasteiger partial charge is 0.354 e. The van der Waals surface area contributed by atoms with Gasteiger partial charge in [-0.25, -0.2) is 4.79 Å². The number of carbonyl (C=O) groups is 2. The number of amides is 1. The van der Waals surface area contributed by atoms with Crippen LogP contribution in [0.15, 0.2) is 40.3 Å². The van der Waals surface area contributed by atoms with Crippen LogP contribution in [0.5, 0.6) is 0 Å². The zero-order valence-electron chi connectivity index (χ0n) is 17.8. The van der Waals surface area contributed by atoms with Crippen molar-refractivity contribution in [1.29, 1.82) is 0 Å². The predicted molar refractivity (Wildman–Crippen MR) is 122 cm³/mol. The second-order valence-corrected chi connectivity index (χ2v) is 16.2. The molecule has 1 N–H and O–H groups in total. The van der Waals surface area contributed by atoms with Crippen LogP contribution in [0.1, 0.15) is 33.3 Å². The number of benzene rings is 1. The first kappa shape index (κ1) is 22.5. The summed E-state index contributed by atoms with van der Waals surface area (Å²) in [6, 6.07) is 9.93. The van der Waals surface area contributed by atoms with E-state index in [4.69, 9.17) is 4.43 Å². The Labute approximate surface area is 182 Å². The third-order valence-corrected chi connectivity index (χ3v) is 13.3. The highest BCUT2D eigenvalue weighted by molar-refractivity contribution is 8.22. The number of nitrogens with zero attached hydrogens (tertiary/aromatic N) is 1. The Hall–Kier alpha value is -1.22. The van der Waals surface area contributed by atoms with Crippen molar-refractivity contribution in [2.75, 3.05) is 0 Å². The van der Waals surface area contributed by atoms with Gasteiger partial charge in [0.1, 0.15) is 5.37 Å². The fourth-order valence-corrected chi connectivity index (χ4v) is 7.58. The summed E-state index contributed by atoms with van der Waals surface area (Å²) >= 11 is 2.98. The minimum absolute atomic E-state index is 0.0533. The number of thioether (sulfide) groups is 2. The molecule has 3 rings (SSSR count). The van der Waals surface area contributed by atoms with Crippen molar-refractivity contribution < 1.29 is 19.1 Å². The Bertz CT molecular complexity index is 835. The van der Waals surface area contributed by atoms with E-state index in [0.29, 0.717) is 9.99 Å². The molecule has 0 saturated carbocycles. The highest BCUT2D eigenvalue weighted by Crippen LogP contribution is 2.55. The molecule has 2 heterocycles. The fourth-order valence-electron chi connectivity index (χ4n) is 3.28. The number of carboxylic acids is 1. The lowest BCUT2D eigenvalue weighted by Gasteiger charge is -2.48. The van der Waals surface area contributed by atoms with Crippen LogP contribution in [0.2, 0.25) is 18.1 Å². The van der Waals surface area contributed by atoms with E-state index in [2.05, 4.69) is 33.9 Å². The second kappa shape index (κ2) is 8.13. The molecule has 0 aromatic heterocycles. The van der Waals surface area contributed by atoms with Gasteiger partial charge in [-0.1, -0.05) is 62.9 Å². The summed E-state index contributed by atoms with van der Waals surface area (Å²) in [6.07, 6.45) is -0.231. The van der Waals surface area contributed by atoms with Crippen LogP contribution in [-0.4, -0.2) is 41.7 Å². The SMILES string of the molecule is C[C@H](O[Si](C)(C)C(C)(C)C)[C@@H]1C(=O)N2C(C(=O)O)=C(SCc3ccccc3)S[C@H]12. The van der Waals surface area contributed by atoms with Gasteiger partial charge in [-0.3, -0.25) is 9.69 Å². The minimum atomic E-state index is -2.02. The second-order valence-electron chi connectivity index (χ2n) is 9.04. The van der Waals surface area contributed by atoms with Crippen molar-refractivity contribution in [3.8, 4) is 0 Å². The molecule has 3 atom stereocenters. The standard InChI is InChI=1S/C21H29NO4S2Si/c1-13(26-29(5,6)21(2,3)4)15-17(23)22-16(19(24)25)20(28-18(15)22)27-12-14-10-8-7-9-11-14/h7-11,13,15,18H,12H2,1-6H3,(H,24,25)/t13-,15+,18+/m0/s1. The van der Waals surface area contributed by atoms with Gasteiger partial charge in [0, 0.05) is 5.75 Å². The van der Waals surface area contributed by atoms with E-state index in [1.807, 2.05) is 37.3 Å². The molecule has 0 bridgehead atoms. The molecule has 1 amide bonds. The topological polar surface area (TPSA) is 66.8 Å². The molecular weight excluding hydrogens is 422 g/mol. The summed E-state index contributed by atoms with van der Waals surface area (Å²) < 4.78 is 7.16. The van der Waals surface area contributed by atoms with E-state index in [1.54, 1.807) is 0 Å². The van der Waals surface area contributed by atoms with E-state index in [0.717, 1.165) is 5.56 Å². The van der Waals surface area contributed by atoms with Crippen LogP contribution in [0.3, 0.4) is 0 Å². The van der Waals surface area contributed by atoms with Crippen molar-refractivity contribution in [2.24, 2.45) is 5.92 Å². The van der Waals surface area contributed by atoms with E-state index < -0.39 is 14.3 Å². The lowest BCUT2D eigenvalue weighted by molar-refractivity contribution is -0.156. The lowest BCUT2D eigenvalue weighted by Crippen LogP contribution is -2.62. The average Bonchev–Trinajstić information content (AvgIpc) is 2.94. The van der Waals surface area contributed by atoms with Crippen LogP contribution in [0.25, 0.3) is 0 Å². The molecule has 0 unspecified atom stereocenters. The van der Waals surface area contributed by atoms with Gasteiger partial charge in [-0.15, -0.1) is 11.8 Å². The first-order chi connectivity index (χ1) is 13.4. The van der Waals surface area contributed by atoms with Gasteiger partial charge >= 0.3 is 5.97 Å². The van der Waals surface area contributed by atoms with Crippen molar-refractivity contribution in [2.45, 2.75) is 63.1 Å². The Morgan fingerprint density at radius 3 is 2.48 bits per heavy atom. The van der Waals surface area contributed by atoms with E-state index in [9.17, 15) is 14.7 Å². The van der Waals surface area contributed by atoms with Crippen molar-refractivity contribution in [1.82, 2.24) is 4.90 Å². The van der Waals surface area contributed by atoms with Crippen molar-refractivity contribution >= 4 is 43.7 Å². The number of β-lactam (4-membered cyclic amide) rings is 1. The van der Waals surface area contributed by atoms with Crippen molar-refractivity contribution in [3.05, 3.63) is 45.8 Å². The third kappa shape index (κ3) is 4.31. The van der Waals surface area contributed by atoms with Gasteiger partial charge in [0.15, 0.2) is 14.0 Å². The maximum Gasteiger partial charge on any atom is 0.354 e. The number of hydrogen-bond donors (Lipinski definition) is 1. The number of hydrogen-bond acceptors (Lipinski definition) is 5. The van der Waals surface area contributed by atoms with Gasteiger partial charge in [0.05, 0.1) is 16.3 Å². The predicted octanol–water partition coefficient (Wildman–Crippen LogP) is 5.12. The van der Waals surface area contributed by atoms with Crippen molar-refractivity contribution in [3.63, 3.8) is 0 Å². The zero-order valence-corrected chi connectivity index (χ0v) is 20.4. The number of fused-ring (bicyclic) bond motifs is 1. The lowest BCUT2D eigenvalue weighted by atomic mass is 9.92. The van der Waals surface area contributed by atoms with Crippen LogP contribution >= 0.6 is 23.5 Å². The summed E-state index contributed by atoms with van der Waals surface area (Å²) in [5, 5.41) is 9.60. The molecule has 1 aromatic carbocycles. The first-order valence-corrected chi connectivity index (χ1v) is 14.5. The average molecular weight is 452 g/mol. The zero-order chi connectivity index (χ0) is 21.6. The molecule has 2 aliphatic rings. The van der Waals surface area contributed by atoms with Gasteiger partial charge in [0.2, 0.25) is 5.91 Å². The molecule has 8 heteroatoms. The van der Waals surface area contributed by atoms with Crippen LogP contribution in [-0.2, 0) is 19.8 Å². The van der Waals surface area contributed by atoms with Crippen LogP contribution < -0.4 is 0 Å². The minimum Gasteiger partial charge on any atom is -0.477 e. The van der Waals surface area contributed by atoms with E-state index in [-0.39, 0.29) is 34.0 Å². The summed E-state index contributed by atoms with van der Waals surface area (Å²) in [5.74, 6) is -0.810. The summed E-state index contributed by atoms with van der Waals surface area (Å²) in [6.45, 7) is 12.8. The summed E-state index contributed by atoms with van der Waals surface area (Å²) in [7, 11) is -2.02. The molecular formula is C21H29NO4S2Si. The number of aliphatic carboxylic acids is 1. The quantitative estimate of drug-likeness (QED) is 0.459. The van der Waals surface area contributed by atoms with Gasteiger partial charge in [-0.2, -0.15) is 0 Å². The largest absolute Gasteiger partial charge is 0.477 e. The summed E-state index contributed by atoms with van der Waals surface area (Å²) in [4.78, 5) is 26.2. The van der Waals surface area contributed by atoms with Crippen LogP contribution in [0, 0.1) is 5.92 Å². The maximum atomic E-state index is 12.9. The number of carbonyl (C=O) groups excluding carboxylic acids is 1. The Balaban J connectivity index is 1.73. The Morgan fingerprint density at radius 1 is 1.31 bits per heavy atom. The molecule has 158 valence electrons. The summed E-state index contributed by atoms with van der Waals surface area (Å²) in [5.41, 5.74) is 1.25.